The molecular formula is C14H16N4O3. The van der Waals surface area contributed by atoms with Crippen LogP contribution in [0.3, 0.4) is 0 Å². The van der Waals surface area contributed by atoms with Crippen LogP contribution in [0.5, 0.6) is 17.2 Å². The molecule has 7 nitrogen and oxygen atoms in total. The maximum atomic E-state index is 11.6. The molecule has 0 unspecified atom stereocenters. The zero-order valence-electron chi connectivity index (χ0n) is 11.6. The van der Waals surface area contributed by atoms with Crippen molar-refractivity contribution in [3.05, 3.63) is 34.9 Å². The molecular weight excluding hydrogens is 272 g/mol. The molecule has 110 valence electrons. The van der Waals surface area contributed by atoms with Gasteiger partial charge in [0.2, 0.25) is 0 Å². The fourth-order valence-corrected chi connectivity index (χ4v) is 2.03. The highest BCUT2D eigenvalue weighted by Gasteiger charge is 2.22. The molecule has 1 aliphatic rings. The van der Waals surface area contributed by atoms with Gasteiger partial charge in [-0.1, -0.05) is 6.07 Å². The summed E-state index contributed by atoms with van der Waals surface area (Å²) in [5.74, 6) is 2.17. The van der Waals surface area contributed by atoms with Gasteiger partial charge in [0.25, 0.3) is 0 Å². The Morgan fingerprint density at radius 1 is 1.43 bits per heavy atom. The van der Waals surface area contributed by atoms with Crippen LogP contribution < -0.4 is 26.2 Å². The van der Waals surface area contributed by atoms with E-state index in [1.54, 1.807) is 13.2 Å². The molecule has 1 aromatic heterocycles. The Kier molecular flexibility index (Phi) is 3.49. The predicted molar refractivity (Wildman–Crippen MR) is 78.4 cm³/mol. The summed E-state index contributed by atoms with van der Waals surface area (Å²) < 4.78 is 12.8. The number of rotatable bonds is 4. The van der Waals surface area contributed by atoms with Crippen molar-refractivity contribution in [2.45, 2.75) is 6.42 Å². The molecule has 1 aliphatic heterocycles. The van der Waals surface area contributed by atoms with E-state index in [1.165, 1.54) is 4.57 Å². The number of ether oxygens (including phenoxy) is 2. The minimum Gasteiger partial charge on any atom is -0.491 e. The van der Waals surface area contributed by atoms with E-state index in [-0.39, 0.29) is 5.69 Å². The Bertz CT molecular complexity index is 727. The van der Waals surface area contributed by atoms with Gasteiger partial charge < -0.3 is 20.5 Å². The van der Waals surface area contributed by atoms with Crippen molar-refractivity contribution in [3.63, 3.8) is 0 Å². The summed E-state index contributed by atoms with van der Waals surface area (Å²) in [6.07, 6.45) is 2.36. The number of hydrogen-bond donors (Lipinski definition) is 2. The van der Waals surface area contributed by atoms with E-state index in [9.17, 15) is 4.79 Å². The zero-order chi connectivity index (χ0) is 14.8. The number of aromatic nitrogens is 2. The molecule has 0 aliphatic carbocycles. The van der Waals surface area contributed by atoms with Gasteiger partial charge in [0.15, 0.2) is 17.3 Å². The number of nitrogens with two attached hydrogens (primary N) is 1. The normalized spacial score (nSPS) is 11.9. The van der Waals surface area contributed by atoms with E-state index < -0.39 is 0 Å². The van der Waals surface area contributed by atoms with Crippen LogP contribution >= 0.6 is 0 Å². The van der Waals surface area contributed by atoms with Gasteiger partial charge >= 0.3 is 5.69 Å². The van der Waals surface area contributed by atoms with Crippen molar-refractivity contribution < 1.29 is 9.47 Å². The van der Waals surface area contributed by atoms with Crippen LogP contribution in [0.4, 0.5) is 11.5 Å². The highest BCUT2D eigenvalue weighted by Crippen LogP contribution is 2.44. The van der Waals surface area contributed by atoms with Gasteiger partial charge in [0.1, 0.15) is 11.4 Å². The summed E-state index contributed by atoms with van der Waals surface area (Å²) in [4.78, 5) is 15.6. The number of para-hydroxylation sites is 1. The molecule has 0 amide bonds. The summed E-state index contributed by atoms with van der Waals surface area (Å²) in [5, 5.41) is 3.10. The molecule has 0 bridgehead atoms. The molecule has 7 heteroatoms. The quantitative estimate of drug-likeness (QED) is 0.704. The SMILES string of the molecule is Cn1cc2c(nc1=O)Nc1c(OCCCN)cccc1O2. The van der Waals surface area contributed by atoms with Crippen molar-refractivity contribution in [3.8, 4) is 17.2 Å². The number of benzene rings is 1. The van der Waals surface area contributed by atoms with Gasteiger partial charge in [0, 0.05) is 7.05 Å². The second-order valence-electron chi connectivity index (χ2n) is 4.69. The summed E-state index contributed by atoms with van der Waals surface area (Å²) in [5.41, 5.74) is 5.77. The molecule has 0 saturated heterocycles. The molecule has 3 N–H and O–H groups in total. The van der Waals surface area contributed by atoms with Crippen molar-refractivity contribution in [1.82, 2.24) is 9.55 Å². The maximum absolute atomic E-state index is 11.6. The molecule has 2 heterocycles. The first-order chi connectivity index (χ1) is 10.2. The van der Waals surface area contributed by atoms with Gasteiger partial charge in [-0.25, -0.2) is 4.79 Å². The summed E-state index contributed by atoms with van der Waals surface area (Å²) in [6, 6.07) is 5.50. The Morgan fingerprint density at radius 2 is 2.29 bits per heavy atom. The molecule has 3 rings (SSSR count). The second kappa shape index (κ2) is 5.45. The highest BCUT2D eigenvalue weighted by molar-refractivity contribution is 5.77. The Hall–Kier alpha value is -2.54. The van der Waals surface area contributed by atoms with Crippen molar-refractivity contribution in [2.24, 2.45) is 12.8 Å². The van der Waals surface area contributed by atoms with Crippen LogP contribution in [0.15, 0.2) is 29.2 Å². The van der Waals surface area contributed by atoms with E-state index in [1.807, 2.05) is 18.2 Å². The first kappa shape index (κ1) is 13.4. The lowest BCUT2D eigenvalue weighted by Crippen LogP contribution is -2.22. The summed E-state index contributed by atoms with van der Waals surface area (Å²) in [6.45, 7) is 1.09. The van der Waals surface area contributed by atoms with Gasteiger partial charge in [-0.05, 0) is 25.1 Å². The molecule has 0 spiro atoms. The van der Waals surface area contributed by atoms with Crippen LogP contribution in [0.1, 0.15) is 6.42 Å². The smallest absolute Gasteiger partial charge is 0.349 e. The summed E-state index contributed by atoms with van der Waals surface area (Å²) >= 11 is 0. The molecule has 0 atom stereocenters. The first-order valence-corrected chi connectivity index (χ1v) is 6.67. The third-order valence-electron chi connectivity index (χ3n) is 3.11. The molecule has 0 saturated carbocycles. The zero-order valence-corrected chi connectivity index (χ0v) is 11.6. The van der Waals surface area contributed by atoms with E-state index >= 15 is 0 Å². The largest absolute Gasteiger partial charge is 0.491 e. The number of nitrogens with zero attached hydrogens (tertiary/aromatic N) is 2. The average Bonchev–Trinajstić information content (AvgIpc) is 2.47. The van der Waals surface area contributed by atoms with E-state index in [0.717, 1.165) is 6.42 Å². The molecule has 1 aromatic carbocycles. The fraction of sp³-hybridized carbons (Fsp3) is 0.286. The van der Waals surface area contributed by atoms with Crippen LogP contribution in [0.25, 0.3) is 0 Å². The van der Waals surface area contributed by atoms with Crippen molar-refractivity contribution in [2.75, 3.05) is 18.5 Å². The Morgan fingerprint density at radius 3 is 3.10 bits per heavy atom. The van der Waals surface area contributed by atoms with Crippen molar-refractivity contribution in [1.29, 1.82) is 0 Å². The molecule has 2 aromatic rings. The van der Waals surface area contributed by atoms with E-state index in [0.29, 0.717) is 41.9 Å². The lowest BCUT2D eigenvalue weighted by Gasteiger charge is -2.23. The van der Waals surface area contributed by atoms with Crippen molar-refractivity contribution >= 4 is 11.5 Å². The minimum absolute atomic E-state index is 0.352. The van der Waals surface area contributed by atoms with E-state index in [4.69, 9.17) is 15.2 Å². The first-order valence-electron chi connectivity index (χ1n) is 6.67. The van der Waals surface area contributed by atoms with Gasteiger partial charge in [-0.3, -0.25) is 4.57 Å². The Balaban J connectivity index is 1.93. The highest BCUT2D eigenvalue weighted by atomic mass is 16.5. The predicted octanol–water partition coefficient (Wildman–Crippen LogP) is 1.36. The topological polar surface area (TPSA) is 91.4 Å². The number of fused-ring (bicyclic) bond motifs is 2. The van der Waals surface area contributed by atoms with Gasteiger partial charge in [-0.15, -0.1) is 0 Å². The lowest BCUT2D eigenvalue weighted by atomic mass is 10.2. The van der Waals surface area contributed by atoms with Crippen LogP contribution in [-0.2, 0) is 7.05 Å². The average molecular weight is 288 g/mol. The third kappa shape index (κ3) is 2.55. The molecule has 0 radical (unpaired) electrons. The summed E-state index contributed by atoms with van der Waals surface area (Å²) in [7, 11) is 1.63. The monoisotopic (exact) mass is 288 g/mol. The Labute approximate surface area is 121 Å². The third-order valence-corrected chi connectivity index (χ3v) is 3.11. The number of aryl methyl sites for hydroxylation is 1. The second-order valence-corrected chi connectivity index (χ2v) is 4.69. The number of anilines is 2. The van der Waals surface area contributed by atoms with Crippen LogP contribution in [0.2, 0.25) is 0 Å². The minimum atomic E-state index is -0.352. The number of nitrogens with one attached hydrogen (secondary N) is 1. The molecule has 0 fully saturated rings. The van der Waals surface area contributed by atoms with Crippen LogP contribution in [0, 0.1) is 0 Å². The van der Waals surface area contributed by atoms with Gasteiger partial charge in [0.05, 0.1) is 12.8 Å². The van der Waals surface area contributed by atoms with Crippen LogP contribution in [-0.4, -0.2) is 22.7 Å². The standard InChI is InChI=1S/C14H16N4O3/c1-18-8-11-13(17-14(18)19)16-12-9(20-7-3-6-15)4-2-5-10(12)21-11/h2,4-5,8H,3,6-7,15H2,1H3,(H,16,17,19). The number of hydrogen-bond acceptors (Lipinski definition) is 6. The fourth-order valence-electron chi connectivity index (χ4n) is 2.03. The van der Waals surface area contributed by atoms with E-state index in [2.05, 4.69) is 10.3 Å². The molecule has 21 heavy (non-hydrogen) atoms. The lowest BCUT2D eigenvalue weighted by molar-refractivity contribution is 0.313. The maximum Gasteiger partial charge on any atom is 0.349 e. The van der Waals surface area contributed by atoms with Gasteiger partial charge in [-0.2, -0.15) is 4.98 Å².